The van der Waals surface area contributed by atoms with Gasteiger partial charge < -0.3 is 4.90 Å². The average Bonchev–Trinajstić information content (AvgIpc) is 2.26. The number of benzene rings is 1. The lowest BCUT2D eigenvalue weighted by atomic mass is 10.2. The molecule has 1 rings (SSSR count). The summed E-state index contributed by atoms with van der Waals surface area (Å²) in [5.41, 5.74) is 1.15. The first-order valence-corrected chi connectivity index (χ1v) is 5.67. The number of amides is 1. The molecule has 0 heterocycles. The van der Waals surface area contributed by atoms with E-state index in [1.54, 1.807) is 6.92 Å². The molecule has 82 valence electrons. The van der Waals surface area contributed by atoms with Crippen molar-refractivity contribution in [3.05, 3.63) is 35.9 Å². The highest BCUT2D eigenvalue weighted by Crippen LogP contribution is 2.07. The maximum Gasteiger partial charge on any atom is 0.235 e. The van der Waals surface area contributed by atoms with Crippen molar-refractivity contribution in [2.45, 2.75) is 25.6 Å². The second-order valence-electron chi connectivity index (χ2n) is 3.51. The Morgan fingerprint density at radius 3 is 2.47 bits per heavy atom. The number of thiol groups is 1. The first-order valence-electron chi connectivity index (χ1n) is 5.16. The number of rotatable bonds is 4. The molecule has 0 saturated heterocycles. The molecule has 0 saturated carbocycles. The Bertz CT molecular complexity index is 311. The van der Waals surface area contributed by atoms with Gasteiger partial charge >= 0.3 is 0 Å². The molecule has 1 aromatic carbocycles. The van der Waals surface area contributed by atoms with Gasteiger partial charge in [0.25, 0.3) is 0 Å². The minimum Gasteiger partial charge on any atom is -0.338 e. The van der Waals surface area contributed by atoms with Crippen LogP contribution in [0.2, 0.25) is 0 Å². The van der Waals surface area contributed by atoms with Crippen LogP contribution < -0.4 is 0 Å². The number of hydrogen-bond donors (Lipinski definition) is 1. The van der Waals surface area contributed by atoms with Gasteiger partial charge in [0.05, 0.1) is 5.25 Å². The van der Waals surface area contributed by atoms with Crippen LogP contribution in [0.25, 0.3) is 0 Å². The van der Waals surface area contributed by atoms with Gasteiger partial charge in [-0.05, 0) is 19.4 Å². The molecule has 3 heteroatoms. The van der Waals surface area contributed by atoms with Crippen molar-refractivity contribution in [2.24, 2.45) is 0 Å². The molecule has 0 spiro atoms. The first-order chi connectivity index (χ1) is 7.15. The lowest BCUT2D eigenvalue weighted by Crippen LogP contribution is -2.35. The molecule has 0 aliphatic heterocycles. The molecular weight excluding hydrogens is 206 g/mol. The van der Waals surface area contributed by atoms with E-state index in [-0.39, 0.29) is 11.2 Å². The van der Waals surface area contributed by atoms with Gasteiger partial charge in [0.1, 0.15) is 0 Å². The van der Waals surface area contributed by atoms with Gasteiger partial charge in [-0.2, -0.15) is 12.6 Å². The second-order valence-corrected chi connectivity index (χ2v) is 4.29. The maximum atomic E-state index is 11.7. The molecular formula is C12H17NOS. The molecule has 1 aromatic rings. The van der Waals surface area contributed by atoms with E-state index >= 15 is 0 Å². The summed E-state index contributed by atoms with van der Waals surface area (Å²) in [7, 11) is 0. The van der Waals surface area contributed by atoms with E-state index in [9.17, 15) is 4.79 Å². The minimum atomic E-state index is -0.228. The van der Waals surface area contributed by atoms with E-state index < -0.39 is 0 Å². The molecule has 1 atom stereocenters. The summed E-state index contributed by atoms with van der Waals surface area (Å²) in [5, 5.41) is -0.228. The lowest BCUT2D eigenvalue weighted by molar-refractivity contribution is -0.130. The van der Waals surface area contributed by atoms with Crippen molar-refractivity contribution in [3.8, 4) is 0 Å². The Labute approximate surface area is 96.7 Å². The number of carbonyl (C=O) groups is 1. The van der Waals surface area contributed by atoms with Crippen LogP contribution in [0, 0.1) is 0 Å². The standard InChI is InChI=1S/C12H17NOS/c1-3-13(12(14)10(2)15)9-11-7-5-4-6-8-11/h4-8,10,15H,3,9H2,1-2H3. The smallest absolute Gasteiger partial charge is 0.235 e. The molecule has 0 N–H and O–H groups in total. The zero-order valence-corrected chi connectivity index (χ0v) is 10.1. The van der Waals surface area contributed by atoms with Gasteiger partial charge in [0.15, 0.2) is 0 Å². The summed E-state index contributed by atoms with van der Waals surface area (Å²) in [6.07, 6.45) is 0. The zero-order chi connectivity index (χ0) is 11.3. The van der Waals surface area contributed by atoms with Crippen LogP contribution in [0.15, 0.2) is 30.3 Å². The van der Waals surface area contributed by atoms with E-state index in [0.29, 0.717) is 6.54 Å². The van der Waals surface area contributed by atoms with Crippen LogP contribution in [0.3, 0.4) is 0 Å². The van der Waals surface area contributed by atoms with Crippen molar-refractivity contribution < 1.29 is 4.79 Å². The van der Waals surface area contributed by atoms with Crippen molar-refractivity contribution >= 4 is 18.5 Å². The predicted molar refractivity (Wildman–Crippen MR) is 66.0 cm³/mol. The molecule has 1 amide bonds. The molecule has 0 radical (unpaired) electrons. The molecule has 0 bridgehead atoms. The normalized spacial score (nSPS) is 12.2. The SMILES string of the molecule is CCN(Cc1ccccc1)C(=O)C(C)S. The Morgan fingerprint density at radius 1 is 1.40 bits per heavy atom. The Morgan fingerprint density at radius 2 is 2.00 bits per heavy atom. The maximum absolute atomic E-state index is 11.7. The number of hydrogen-bond acceptors (Lipinski definition) is 2. The van der Waals surface area contributed by atoms with Crippen LogP contribution in [0.5, 0.6) is 0 Å². The molecule has 15 heavy (non-hydrogen) atoms. The molecule has 0 aliphatic rings. The average molecular weight is 223 g/mol. The summed E-state index contributed by atoms with van der Waals surface area (Å²) >= 11 is 4.16. The quantitative estimate of drug-likeness (QED) is 0.777. The summed E-state index contributed by atoms with van der Waals surface area (Å²) in [5.74, 6) is 0.0877. The Kier molecular flexibility index (Phi) is 4.69. The number of carbonyl (C=O) groups excluding carboxylic acids is 1. The summed E-state index contributed by atoms with van der Waals surface area (Å²) in [6.45, 7) is 5.18. The molecule has 2 nitrogen and oxygen atoms in total. The fraction of sp³-hybridized carbons (Fsp3) is 0.417. The van der Waals surface area contributed by atoms with Gasteiger partial charge in [-0.25, -0.2) is 0 Å². The predicted octanol–water partition coefficient (Wildman–Crippen LogP) is 2.35. The van der Waals surface area contributed by atoms with Crippen LogP contribution in [-0.4, -0.2) is 22.6 Å². The van der Waals surface area contributed by atoms with E-state index in [2.05, 4.69) is 12.6 Å². The topological polar surface area (TPSA) is 20.3 Å². The molecule has 0 aromatic heterocycles. The van der Waals surface area contributed by atoms with Crippen molar-refractivity contribution in [3.63, 3.8) is 0 Å². The highest BCUT2D eigenvalue weighted by atomic mass is 32.1. The van der Waals surface area contributed by atoms with Gasteiger partial charge in [0, 0.05) is 13.1 Å². The fourth-order valence-corrected chi connectivity index (χ4v) is 1.58. The van der Waals surface area contributed by atoms with E-state index in [0.717, 1.165) is 12.1 Å². The highest BCUT2D eigenvalue weighted by Gasteiger charge is 2.15. The fourth-order valence-electron chi connectivity index (χ4n) is 1.41. The third kappa shape index (κ3) is 3.59. The Hall–Kier alpha value is -0.960. The van der Waals surface area contributed by atoms with Gasteiger partial charge in [0.2, 0.25) is 5.91 Å². The summed E-state index contributed by atoms with van der Waals surface area (Å²) in [6, 6.07) is 10.00. The van der Waals surface area contributed by atoms with Gasteiger partial charge in [-0.1, -0.05) is 30.3 Å². The van der Waals surface area contributed by atoms with Crippen LogP contribution in [0.4, 0.5) is 0 Å². The van der Waals surface area contributed by atoms with Crippen LogP contribution in [-0.2, 0) is 11.3 Å². The monoisotopic (exact) mass is 223 g/mol. The minimum absolute atomic E-state index is 0.0877. The van der Waals surface area contributed by atoms with Crippen molar-refractivity contribution in [1.29, 1.82) is 0 Å². The van der Waals surface area contributed by atoms with Crippen LogP contribution in [0.1, 0.15) is 19.4 Å². The zero-order valence-electron chi connectivity index (χ0n) is 9.18. The van der Waals surface area contributed by atoms with Crippen molar-refractivity contribution in [2.75, 3.05) is 6.54 Å². The first kappa shape index (κ1) is 12.1. The lowest BCUT2D eigenvalue weighted by Gasteiger charge is -2.22. The second kappa shape index (κ2) is 5.81. The van der Waals surface area contributed by atoms with Gasteiger partial charge in [-0.15, -0.1) is 0 Å². The third-order valence-electron chi connectivity index (χ3n) is 2.27. The Balaban J connectivity index is 2.66. The number of nitrogens with zero attached hydrogens (tertiary/aromatic N) is 1. The van der Waals surface area contributed by atoms with E-state index in [4.69, 9.17) is 0 Å². The summed E-state index contributed by atoms with van der Waals surface area (Å²) < 4.78 is 0. The summed E-state index contributed by atoms with van der Waals surface area (Å²) in [4.78, 5) is 13.5. The molecule has 0 fully saturated rings. The van der Waals surface area contributed by atoms with Crippen molar-refractivity contribution in [1.82, 2.24) is 4.90 Å². The molecule has 0 aliphatic carbocycles. The highest BCUT2D eigenvalue weighted by molar-refractivity contribution is 7.81. The van der Waals surface area contributed by atoms with E-state index in [1.807, 2.05) is 42.2 Å². The third-order valence-corrected chi connectivity index (χ3v) is 2.49. The van der Waals surface area contributed by atoms with Gasteiger partial charge in [-0.3, -0.25) is 4.79 Å². The largest absolute Gasteiger partial charge is 0.338 e. The van der Waals surface area contributed by atoms with E-state index in [1.165, 1.54) is 0 Å². The molecule has 1 unspecified atom stereocenters. The van der Waals surface area contributed by atoms with Crippen LogP contribution >= 0.6 is 12.6 Å².